The summed E-state index contributed by atoms with van der Waals surface area (Å²) in [5.74, 6) is -0.0775. The first kappa shape index (κ1) is 19.7. The SMILES string of the molecule is COC(=O)c1c(C)n(C(=O)COc2ccc(C(C)(C)C)cc2)c2ccccc12. The molecule has 2 aromatic carbocycles. The van der Waals surface area contributed by atoms with Crippen LogP contribution in [0.1, 0.15) is 47.2 Å². The van der Waals surface area contributed by atoms with Crippen molar-refractivity contribution in [2.75, 3.05) is 13.7 Å². The number of hydrogen-bond acceptors (Lipinski definition) is 4. The largest absolute Gasteiger partial charge is 0.484 e. The van der Waals surface area contributed by atoms with E-state index in [2.05, 4.69) is 20.8 Å². The maximum absolute atomic E-state index is 12.9. The van der Waals surface area contributed by atoms with E-state index in [4.69, 9.17) is 9.47 Å². The highest BCUT2D eigenvalue weighted by Gasteiger charge is 2.23. The lowest BCUT2D eigenvalue weighted by atomic mass is 9.87. The first-order chi connectivity index (χ1) is 13.2. The van der Waals surface area contributed by atoms with Gasteiger partial charge in [-0.15, -0.1) is 0 Å². The zero-order valence-electron chi connectivity index (χ0n) is 16.9. The molecule has 146 valence electrons. The Balaban J connectivity index is 1.86. The monoisotopic (exact) mass is 379 g/mol. The molecule has 1 heterocycles. The molecule has 0 unspecified atom stereocenters. The average molecular weight is 379 g/mol. The summed E-state index contributed by atoms with van der Waals surface area (Å²) in [7, 11) is 1.33. The number of esters is 1. The molecule has 0 bridgehead atoms. The highest BCUT2D eigenvalue weighted by Crippen LogP contribution is 2.27. The molecule has 0 fully saturated rings. The van der Waals surface area contributed by atoms with Crippen LogP contribution < -0.4 is 4.74 Å². The van der Waals surface area contributed by atoms with E-state index in [1.165, 1.54) is 17.2 Å². The fraction of sp³-hybridized carbons (Fsp3) is 0.304. The van der Waals surface area contributed by atoms with Crippen molar-refractivity contribution in [2.24, 2.45) is 0 Å². The van der Waals surface area contributed by atoms with E-state index in [0.717, 1.165) is 0 Å². The minimum absolute atomic E-state index is 0.0554. The van der Waals surface area contributed by atoms with Gasteiger partial charge in [0.2, 0.25) is 0 Å². The average Bonchev–Trinajstić information content (AvgIpc) is 2.97. The number of carbonyl (C=O) groups is 2. The molecule has 3 aromatic rings. The van der Waals surface area contributed by atoms with Crippen molar-refractivity contribution in [1.29, 1.82) is 0 Å². The number of hydrogen-bond donors (Lipinski definition) is 0. The molecular weight excluding hydrogens is 354 g/mol. The quantitative estimate of drug-likeness (QED) is 0.614. The van der Waals surface area contributed by atoms with Gasteiger partial charge in [-0.05, 0) is 36.1 Å². The van der Waals surface area contributed by atoms with E-state index in [1.54, 1.807) is 6.92 Å². The van der Waals surface area contributed by atoms with Gasteiger partial charge in [-0.25, -0.2) is 4.79 Å². The lowest BCUT2D eigenvalue weighted by molar-refractivity contribution is 0.0602. The third-order valence-corrected chi connectivity index (χ3v) is 4.83. The molecule has 0 saturated carbocycles. The van der Waals surface area contributed by atoms with Crippen LogP contribution in [0.5, 0.6) is 5.75 Å². The van der Waals surface area contributed by atoms with E-state index >= 15 is 0 Å². The fourth-order valence-electron chi connectivity index (χ4n) is 3.31. The summed E-state index contributed by atoms with van der Waals surface area (Å²) in [5, 5.41) is 0.690. The molecule has 0 aliphatic carbocycles. The van der Waals surface area contributed by atoms with Gasteiger partial charge in [0, 0.05) is 11.1 Å². The highest BCUT2D eigenvalue weighted by atomic mass is 16.5. The summed E-state index contributed by atoms with van der Waals surface area (Å²) >= 11 is 0. The van der Waals surface area contributed by atoms with Crippen molar-refractivity contribution in [1.82, 2.24) is 4.57 Å². The van der Waals surface area contributed by atoms with Gasteiger partial charge in [-0.3, -0.25) is 9.36 Å². The van der Waals surface area contributed by atoms with Gasteiger partial charge in [0.15, 0.2) is 6.61 Å². The Morgan fingerprint density at radius 3 is 2.25 bits per heavy atom. The second-order valence-electron chi connectivity index (χ2n) is 7.76. The standard InChI is InChI=1S/C23H25NO4/c1-15-21(22(26)27-5)18-8-6-7-9-19(18)24(15)20(25)14-28-17-12-10-16(11-13-17)23(2,3)4/h6-13H,14H2,1-5H3. The number of benzene rings is 2. The lowest BCUT2D eigenvalue weighted by Gasteiger charge is -2.19. The van der Waals surface area contributed by atoms with Crippen molar-refractivity contribution in [3.8, 4) is 5.75 Å². The Bertz CT molecular complexity index is 1020. The normalized spacial score (nSPS) is 11.5. The number of aromatic nitrogens is 1. The zero-order chi connectivity index (χ0) is 20.5. The molecule has 0 radical (unpaired) electrons. The molecule has 0 amide bonds. The minimum Gasteiger partial charge on any atom is -0.484 e. The number of nitrogens with zero attached hydrogens (tertiary/aromatic N) is 1. The van der Waals surface area contributed by atoms with E-state index in [1.807, 2.05) is 48.5 Å². The van der Waals surface area contributed by atoms with Gasteiger partial charge >= 0.3 is 5.97 Å². The molecular formula is C23H25NO4. The Kier molecular flexibility index (Phi) is 5.27. The number of rotatable bonds is 4. The second kappa shape index (κ2) is 7.50. The smallest absolute Gasteiger partial charge is 0.340 e. The molecule has 0 aliphatic heterocycles. The first-order valence-electron chi connectivity index (χ1n) is 9.19. The van der Waals surface area contributed by atoms with E-state index in [-0.39, 0.29) is 17.9 Å². The lowest BCUT2D eigenvalue weighted by Crippen LogP contribution is -2.21. The fourth-order valence-corrected chi connectivity index (χ4v) is 3.31. The molecule has 0 N–H and O–H groups in total. The summed E-state index contributed by atoms with van der Waals surface area (Å²) in [6.07, 6.45) is 0. The van der Waals surface area contributed by atoms with Gasteiger partial charge in [0.25, 0.3) is 5.91 Å². The maximum Gasteiger partial charge on any atom is 0.340 e. The van der Waals surface area contributed by atoms with Crippen molar-refractivity contribution in [3.05, 3.63) is 65.4 Å². The number of fused-ring (bicyclic) bond motifs is 1. The molecule has 5 heteroatoms. The highest BCUT2D eigenvalue weighted by molar-refractivity contribution is 6.09. The molecule has 0 saturated heterocycles. The summed E-state index contributed by atoms with van der Waals surface area (Å²) in [6, 6.07) is 15.0. The van der Waals surface area contributed by atoms with Crippen LogP contribution >= 0.6 is 0 Å². The van der Waals surface area contributed by atoms with Crippen LogP contribution in [0.25, 0.3) is 10.9 Å². The Morgan fingerprint density at radius 2 is 1.64 bits per heavy atom. The maximum atomic E-state index is 12.9. The Morgan fingerprint density at radius 1 is 1.00 bits per heavy atom. The van der Waals surface area contributed by atoms with Crippen molar-refractivity contribution >= 4 is 22.8 Å². The van der Waals surface area contributed by atoms with Gasteiger partial charge < -0.3 is 9.47 Å². The molecule has 1 aromatic heterocycles. The number of methoxy groups -OCH3 is 1. The van der Waals surface area contributed by atoms with Crippen molar-refractivity contribution in [2.45, 2.75) is 33.1 Å². The number of ether oxygens (including phenoxy) is 2. The van der Waals surface area contributed by atoms with Crippen molar-refractivity contribution < 1.29 is 19.1 Å². The molecule has 5 nitrogen and oxygen atoms in total. The number of carbonyl (C=O) groups excluding carboxylic acids is 2. The van der Waals surface area contributed by atoms with Crippen LogP contribution in [-0.2, 0) is 10.2 Å². The van der Waals surface area contributed by atoms with Crippen LogP contribution in [0.2, 0.25) is 0 Å². The Hall–Kier alpha value is -3.08. The Labute approximate surface area is 164 Å². The van der Waals surface area contributed by atoms with Gasteiger partial charge in [0.05, 0.1) is 18.2 Å². The molecule has 0 aliphatic rings. The summed E-state index contributed by atoms with van der Waals surface area (Å²) in [5.41, 5.74) is 2.86. The first-order valence-corrected chi connectivity index (χ1v) is 9.19. The predicted molar refractivity (Wildman–Crippen MR) is 109 cm³/mol. The van der Waals surface area contributed by atoms with E-state index in [0.29, 0.717) is 27.9 Å². The van der Waals surface area contributed by atoms with Crippen LogP contribution in [0.15, 0.2) is 48.5 Å². The third kappa shape index (κ3) is 3.65. The third-order valence-electron chi connectivity index (χ3n) is 4.83. The van der Waals surface area contributed by atoms with Crippen LogP contribution in [-0.4, -0.2) is 30.2 Å². The van der Waals surface area contributed by atoms with Crippen LogP contribution in [0.4, 0.5) is 0 Å². The van der Waals surface area contributed by atoms with Gasteiger partial charge in [-0.2, -0.15) is 0 Å². The topological polar surface area (TPSA) is 57.5 Å². The molecule has 28 heavy (non-hydrogen) atoms. The number of para-hydroxylation sites is 1. The van der Waals surface area contributed by atoms with Gasteiger partial charge in [0.1, 0.15) is 5.75 Å². The van der Waals surface area contributed by atoms with E-state index < -0.39 is 5.97 Å². The summed E-state index contributed by atoms with van der Waals surface area (Å²) < 4.78 is 12.1. The summed E-state index contributed by atoms with van der Waals surface area (Å²) in [6.45, 7) is 8.04. The molecule has 3 rings (SSSR count). The zero-order valence-corrected chi connectivity index (χ0v) is 16.9. The van der Waals surface area contributed by atoms with Crippen LogP contribution in [0, 0.1) is 6.92 Å². The van der Waals surface area contributed by atoms with E-state index in [9.17, 15) is 9.59 Å². The summed E-state index contributed by atoms with van der Waals surface area (Å²) in [4.78, 5) is 25.1. The molecule has 0 spiro atoms. The van der Waals surface area contributed by atoms with Crippen LogP contribution in [0.3, 0.4) is 0 Å². The molecule has 0 atom stereocenters. The predicted octanol–water partition coefficient (Wildman–Crippen LogP) is 4.75. The second-order valence-corrected chi connectivity index (χ2v) is 7.76. The van der Waals surface area contributed by atoms with Crippen molar-refractivity contribution in [3.63, 3.8) is 0 Å². The van der Waals surface area contributed by atoms with Gasteiger partial charge in [-0.1, -0.05) is 51.1 Å². The minimum atomic E-state index is -0.459.